The van der Waals surface area contributed by atoms with Crippen molar-refractivity contribution in [3.05, 3.63) is 77.0 Å². The maximum atomic E-state index is 13.7. The molecular formula is C24H21Cl4NO4S2. The van der Waals surface area contributed by atoms with Crippen LogP contribution in [0.1, 0.15) is 42.4 Å². The smallest absolute Gasteiger partial charge is 0.278 e. The number of thioether (sulfide) groups is 1. The molecule has 35 heavy (non-hydrogen) atoms. The van der Waals surface area contributed by atoms with Crippen LogP contribution in [0.15, 0.2) is 65.2 Å². The highest BCUT2D eigenvalue weighted by Crippen LogP contribution is 2.59. The van der Waals surface area contributed by atoms with Gasteiger partial charge in [-0.2, -0.15) is 0 Å². The van der Waals surface area contributed by atoms with E-state index in [1.54, 1.807) is 36.4 Å². The molecule has 1 heterocycles. The Balaban J connectivity index is 1.94. The quantitative estimate of drug-likeness (QED) is 0.381. The van der Waals surface area contributed by atoms with Crippen molar-refractivity contribution in [1.82, 2.24) is 4.31 Å². The molecule has 0 spiro atoms. The third kappa shape index (κ3) is 4.42. The van der Waals surface area contributed by atoms with Crippen LogP contribution in [-0.4, -0.2) is 37.7 Å². The van der Waals surface area contributed by atoms with Gasteiger partial charge in [-0.3, -0.25) is 9.59 Å². The molecule has 2 aromatic carbocycles. The lowest BCUT2D eigenvalue weighted by atomic mass is 9.78. The van der Waals surface area contributed by atoms with Gasteiger partial charge < -0.3 is 0 Å². The molecule has 1 amide bonds. The Bertz CT molecular complexity index is 1340. The van der Waals surface area contributed by atoms with Gasteiger partial charge >= 0.3 is 0 Å². The van der Waals surface area contributed by atoms with Crippen LogP contribution in [0, 0.1) is 6.92 Å². The lowest BCUT2D eigenvalue weighted by Crippen LogP contribution is -2.37. The molecule has 0 saturated carbocycles. The van der Waals surface area contributed by atoms with Gasteiger partial charge in [-0.15, -0.1) is 0 Å². The number of amides is 1. The first kappa shape index (κ1) is 26.8. The summed E-state index contributed by atoms with van der Waals surface area (Å²) in [6, 6.07) is 12.9. The molecule has 5 nitrogen and oxygen atoms in total. The summed E-state index contributed by atoms with van der Waals surface area (Å²) >= 11 is 27.4. The second-order valence-corrected chi connectivity index (χ2v) is 14.8. The Morgan fingerprint density at radius 1 is 1.06 bits per heavy atom. The van der Waals surface area contributed by atoms with Crippen molar-refractivity contribution in [2.75, 3.05) is 0 Å². The topological polar surface area (TPSA) is 71.5 Å². The van der Waals surface area contributed by atoms with E-state index in [1.807, 2.05) is 20.8 Å². The van der Waals surface area contributed by atoms with Gasteiger partial charge in [-0.05, 0) is 30.2 Å². The summed E-state index contributed by atoms with van der Waals surface area (Å²) in [6.45, 7) is 5.47. The number of hydrogen-bond donors (Lipinski definition) is 0. The second kappa shape index (κ2) is 9.26. The summed E-state index contributed by atoms with van der Waals surface area (Å²) in [4.78, 5) is 26.3. The van der Waals surface area contributed by atoms with Crippen molar-refractivity contribution in [3.8, 4) is 0 Å². The Labute approximate surface area is 228 Å². The summed E-state index contributed by atoms with van der Waals surface area (Å²) < 4.78 is 23.9. The van der Waals surface area contributed by atoms with Crippen molar-refractivity contribution < 1.29 is 18.0 Å². The van der Waals surface area contributed by atoms with Gasteiger partial charge in [-0.25, -0.2) is 12.7 Å². The Kier molecular flexibility index (Phi) is 7.10. The van der Waals surface area contributed by atoms with Crippen molar-refractivity contribution in [3.63, 3.8) is 0 Å². The number of benzene rings is 2. The highest BCUT2D eigenvalue weighted by Gasteiger charge is 2.62. The highest BCUT2D eigenvalue weighted by atomic mass is 35.5. The molecule has 0 aromatic heterocycles. The van der Waals surface area contributed by atoms with E-state index in [1.165, 1.54) is 18.2 Å². The van der Waals surface area contributed by atoms with Crippen LogP contribution in [0.3, 0.4) is 0 Å². The second-order valence-electron chi connectivity index (χ2n) is 8.72. The molecule has 186 valence electrons. The van der Waals surface area contributed by atoms with Gasteiger partial charge in [0, 0.05) is 16.9 Å². The normalized spacial score (nSPS) is 21.5. The average molecular weight is 593 g/mol. The SMILES string of the molecule is Cc1ccc(S(=O)(=O)N2C(=O)C(Cl)(Cl)[C@H]3C2=C[C@H](C(Cl)(Cl)C(=O)SC(C)C)c2ccccc23)cc1. The molecule has 11 heteroatoms. The van der Waals surface area contributed by atoms with Crippen LogP contribution in [0.5, 0.6) is 0 Å². The zero-order chi connectivity index (χ0) is 25.9. The number of nitrogens with zero attached hydrogens (tertiary/aromatic N) is 1. The van der Waals surface area contributed by atoms with Gasteiger partial charge in [0.1, 0.15) is 0 Å². The molecule has 2 aromatic rings. The number of alkyl halides is 4. The number of rotatable bonds is 5. The van der Waals surface area contributed by atoms with Gasteiger partial charge in [0.15, 0.2) is 4.33 Å². The highest BCUT2D eigenvalue weighted by molar-refractivity contribution is 8.14. The summed E-state index contributed by atoms with van der Waals surface area (Å²) in [5.74, 6) is -2.98. The molecule has 0 radical (unpaired) electrons. The predicted octanol–water partition coefficient (Wildman–Crippen LogP) is 6.31. The first-order chi connectivity index (χ1) is 16.2. The number of carbonyl (C=O) groups excluding carboxylic acids is 2. The van der Waals surface area contributed by atoms with Gasteiger partial charge in [-0.1, -0.05) is 120 Å². The van der Waals surface area contributed by atoms with Gasteiger partial charge in [0.05, 0.1) is 10.8 Å². The van der Waals surface area contributed by atoms with E-state index in [4.69, 9.17) is 46.4 Å². The van der Waals surface area contributed by atoms with Gasteiger partial charge in [0.25, 0.3) is 15.9 Å². The molecule has 1 aliphatic heterocycles. The minimum absolute atomic E-state index is 0.0114. The van der Waals surface area contributed by atoms with Crippen LogP contribution < -0.4 is 0 Å². The van der Waals surface area contributed by atoms with Crippen molar-refractivity contribution in [1.29, 1.82) is 0 Å². The fourth-order valence-electron chi connectivity index (χ4n) is 4.30. The number of aryl methyl sites for hydroxylation is 1. The summed E-state index contributed by atoms with van der Waals surface area (Å²) in [6.07, 6.45) is 1.43. The van der Waals surface area contributed by atoms with E-state index in [-0.39, 0.29) is 15.8 Å². The fraction of sp³-hybridized carbons (Fsp3) is 0.333. The maximum Gasteiger partial charge on any atom is 0.278 e. The van der Waals surface area contributed by atoms with E-state index in [0.717, 1.165) is 17.3 Å². The standard InChI is InChI=1S/C24H21Cl4NO4S2/c1-13(2)34-22(31)23(25,26)18-12-19-20(17-7-5-4-6-16(17)18)24(27,28)21(30)29(19)35(32,33)15-10-8-14(3)9-11-15/h4-13,18,20H,1-3H3/t18-,20+/m0/s1. The predicted molar refractivity (Wildman–Crippen MR) is 142 cm³/mol. The van der Waals surface area contributed by atoms with Crippen molar-refractivity contribution >= 4 is 79.2 Å². The first-order valence-corrected chi connectivity index (χ1v) is 14.5. The molecule has 4 rings (SSSR count). The summed E-state index contributed by atoms with van der Waals surface area (Å²) in [5.41, 5.74) is 1.87. The van der Waals surface area contributed by atoms with Crippen LogP contribution in [0.4, 0.5) is 0 Å². The number of carbonyl (C=O) groups is 2. The van der Waals surface area contributed by atoms with E-state index >= 15 is 0 Å². The molecular weight excluding hydrogens is 572 g/mol. The van der Waals surface area contributed by atoms with Gasteiger partial charge in [0.2, 0.25) is 9.45 Å². The Morgan fingerprint density at radius 3 is 2.20 bits per heavy atom. The lowest BCUT2D eigenvalue weighted by Gasteiger charge is -2.36. The molecule has 2 atom stereocenters. The molecule has 1 fully saturated rings. The van der Waals surface area contributed by atoms with Crippen LogP contribution in [0.2, 0.25) is 0 Å². The van der Waals surface area contributed by atoms with Crippen LogP contribution >= 0.6 is 58.2 Å². The lowest BCUT2D eigenvalue weighted by molar-refractivity contribution is -0.123. The van der Waals surface area contributed by atoms with E-state index in [9.17, 15) is 18.0 Å². The monoisotopic (exact) mass is 591 g/mol. The van der Waals surface area contributed by atoms with Crippen LogP contribution in [0.25, 0.3) is 0 Å². The molecule has 0 bridgehead atoms. The van der Waals surface area contributed by atoms with E-state index in [2.05, 4.69) is 0 Å². The maximum absolute atomic E-state index is 13.7. The molecule has 0 unspecified atom stereocenters. The zero-order valence-electron chi connectivity index (χ0n) is 18.8. The molecule has 1 saturated heterocycles. The summed E-state index contributed by atoms with van der Waals surface area (Å²) in [5, 5.41) is -0.574. The fourth-order valence-corrected chi connectivity index (χ4v) is 7.86. The van der Waals surface area contributed by atoms with Crippen molar-refractivity contribution in [2.24, 2.45) is 0 Å². The molecule has 2 aliphatic rings. The number of allylic oxidation sites excluding steroid dienone is 2. The number of halogens is 4. The van der Waals surface area contributed by atoms with E-state index < -0.39 is 41.5 Å². The Hall–Kier alpha value is -1.22. The zero-order valence-corrected chi connectivity index (χ0v) is 23.5. The molecule has 0 N–H and O–H groups in total. The number of sulfonamides is 1. The van der Waals surface area contributed by atoms with Crippen LogP contribution in [-0.2, 0) is 19.6 Å². The Morgan fingerprint density at radius 2 is 1.63 bits per heavy atom. The third-order valence-corrected chi connectivity index (χ3v) is 10.4. The third-order valence-electron chi connectivity index (χ3n) is 5.91. The summed E-state index contributed by atoms with van der Waals surface area (Å²) in [7, 11) is -4.39. The number of fused-ring (bicyclic) bond motifs is 3. The first-order valence-electron chi connectivity index (χ1n) is 10.6. The van der Waals surface area contributed by atoms with Crippen molar-refractivity contribution in [2.45, 2.75) is 51.4 Å². The van der Waals surface area contributed by atoms with E-state index in [0.29, 0.717) is 15.4 Å². The largest absolute Gasteiger partial charge is 0.284 e. The minimum Gasteiger partial charge on any atom is -0.284 e. The average Bonchev–Trinajstić information content (AvgIpc) is 2.98. The minimum atomic E-state index is -4.39. The number of hydrogen-bond acceptors (Lipinski definition) is 5. The molecule has 1 aliphatic carbocycles.